The fraction of sp³-hybridized carbons (Fsp3) is 0.571. The highest BCUT2D eigenvalue weighted by atomic mass is 16.5. The van der Waals surface area contributed by atoms with Crippen LogP contribution in [0.1, 0.15) is 31.9 Å². The minimum atomic E-state index is 0.322. The van der Waals surface area contributed by atoms with Crippen LogP contribution in [0.15, 0.2) is 30.3 Å². The van der Waals surface area contributed by atoms with E-state index in [0.717, 1.165) is 13.2 Å². The van der Waals surface area contributed by atoms with Gasteiger partial charge in [0, 0.05) is 6.61 Å². The van der Waals surface area contributed by atoms with Crippen molar-refractivity contribution in [1.82, 2.24) is 5.32 Å². The Kier molecular flexibility index (Phi) is 3.97. The molecule has 1 aromatic carbocycles. The number of ether oxygens (including phenoxy) is 1. The van der Waals surface area contributed by atoms with Crippen LogP contribution in [0, 0.1) is 5.92 Å². The molecule has 2 nitrogen and oxygen atoms in total. The molecule has 2 heteroatoms. The third kappa shape index (κ3) is 2.45. The van der Waals surface area contributed by atoms with E-state index in [2.05, 4.69) is 49.5 Å². The van der Waals surface area contributed by atoms with Gasteiger partial charge in [-0.3, -0.25) is 0 Å². The van der Waals surface area contributed by atoms with Gasteiger partial charge in [0.2, 0.25) is 0 Å². The molecule has 3 unspecified atom stereocenters. The Morgan fingerprint density at radius 3 is 2.69 bits per heavy atom. The Morgan fingerprint density at radius 1 is 1.38 bits per heavy atom. The number of hydrogen-bond acceptors (Lipinski definition) is 2. The first-order valence-electron chi connectivity index (χ1n) is 6.23. The average Bonchev–Trinajstić information content (AvgIpc) is 2.73. The van der Waals surface area contributed by atoms with E-state index < -0.39 is 0 Å². The summed E-state index contributed by atoms with van der Waals surface area (Å²) in [4.78, 5) is 0. The molecule has 1 aliphatic rings. The lowest BCUT2D eigenvalue weighted by atomic mass is 9.92. The molecule has 0 saturated carbocycles. The van der Waals surface area contributed by atoms with Gasteiger partial charge < -0.3 is 10.1 Å². The molecule has 0 aliphatic carbocycles. The Balaban J connectivity index is 2.16. The monoisotopic (exact) mass is 219 g/mol. The van der Waals surface area contributed by atoms with Crippen LogP contribution in [0.4, 0.5) is 0 Å². The molecule has 0 spiro atoms. The van der Waals surface area contributed by atoms with Gasteiger partial charge in [0.05, 0.1) is 12.1 Å². The van der Waals surface area contributed by atoms with Gasteiger partial charge in [-0.25, -0.2) is 0 Å². The number of nitrogens with one attached hydrogen (secondary N) is 1. The second-order valence-electron chi connectivity index (χ2n) is 4.55. The van der Waals surface area contributed by atoms with Crippen LogP contribution < -0.4 is 5.32 Å². The minimum Gasteiger partial charge on any atom is -0.376 e. The van der Waals surface area contributed by atoms with E-state index in [9.17, 15) is 0 Å². The third-order valence-corrected chi connectivity index (χ3v) is 3.36. The first-order valence-corrected chi connectivity index (χ1v) is 6.23. The maximum absolute atomic E-state index is 5.87. The summed E-state index contributed by atoms with van der Waals surface area (Å²) in [6.45, 7) is 6.31. The van der Waals surface area contributed by atoms with Crippen molar-refractivity contribution >= 4 is 0 Å². The quantitative estimate of drug-likeness (QED) is 0.840. The predicted octanol–water partition coefficient (Wildman–Crippen LogP) is 2.76. The molecule has 0 aromatic heterocycles. The fourth-order valence-corrected chi connectivity index (χ4v) is 2.45. The van der Waals surface area contributed by atoms with Gasteiger partial charge in [-0.1, -0.05) is 44.2 Å². The zero-order valence-corrected chi connectivity index (χ0v) is 10.1. The standard InChI is InChI=1S/C14H21NO/c1-3-15-13(12-7-5-4-6-8-12)14-11(2)9-10-16-14/h4-8,11,13-15H,3,9-10H2,1-2H3. The van der Waals surface area contributed by atoms with E-state index in [4.69, 9.17) is 4.74 Å². The van der Waals surface area contributed by atoms with Crippen LogP contribution in [-0.4, -0.2) is 19.3 Å². The van der Waals surface area contributed by atoms with Gasteiger partial charge in [-0.15, -0.1) is 0 Å². The van der Waals surface area contributed by atoms with Crippen LogP contribution in [0.25, 0.3) is 0 Å². The molecule has 16 heavy (non-hydrogen) atoms. The number of hydrogen-bond donors (Lipinski definition) is 1. The van der Waals surface area contributed by atoms with E-state index in [1.807, 2.05) is 0 Å². The zero-order valence-electron chi connectivity index (χ0n) is 10.1. The van der Waals surface area contributed by atoms with Crippen LogP contribution in [0.3, 0.4) is 0 Å². The molecule has 0 radical (unpaired) electrons. The van der Waals surface area contributed by atoms with Gasteiger partial charge in [0.25, 0.3) is 0 Å². The van der Waals surface area contributed by atoms with Crippen LogP contribution in [-0.2, 0) is 4.74 Å². The lowest BCUT2D eigenvalue weighted by molar-refractivity contribution is 0.0612. The van der Waals surface area contributed by atoms with Crippen molar-refractivity contribution in [3.63, 3.8) is 0 Å². The first-order chi connectivity index (χ1) is 7.83. The molecule has 1 aromatic rings. The normalized spacial score (nSPS) is 26.9. The molecule has 88 valence electrons. The topological polar surface area (TPSA) is 21.3 Å². The zero-order chi connectivity index (χ0) is 11.4. The van der Waals surface area contributed by atoms with E-state index in [1.165, 1.54) is 12.0 Å². The second-order valence-corrected chi connectivity index (χ2v) is 4.55. The minimum absolute atomic E-state index is 0.322. The first kappa shape index (κ1) is 11.6. The lowest BCUT2D eigenvalue weighted by Gasteiger charge is -2.27. The van der Waals surface area contributed by atoms with Crippen LogP contribution >= 0.6 is 0 Å². The molecule has 0 bridgehead atoms. The van der Waals surface area contributed by atoms with Crippen molar-refractivity contribution in [3.05, 3.63) is 35.9 Å². The summed E-state index contributed by atoms with van der Waals surface area (Å²) >= 11 is 0. The summed E-state index contributed by atoms with van der Waals surface area (Å²) in [5, 5.41) is 3.55. The Bertz CT molecular complexity index is 312. The van der Waals surface area contributed by atoms with Gasteiger partial charge in [0.1, 0.15) is 0 Å². The van der Waals surface area contributed by atoms with Crippen LogP contribution in [0.5, 0.6) is 0 Å². The molecule has 2 rings (SSSR count). The van der Waals surface area contributed by atoms with Crippen molar-refractivity contribution in [2.45, 2.75) is 32.4 Å². The average molecular weight is 219 g/mol. The maximum Gasteiger partial charge on any atom is 0.0795 e. The number of rotatable bonds is 4. The molecule has 1 heterocycles. The van der Waals surface area contributed by atoms with E-state index in [0.29, 0.717) is 18.1 Å². The number of likely N-dealkylation sites (N-methyl/N-ethyl adjacent to an activating group) is 1. The molecular weight excluding hydrogens is 198 g/mol. The van der Waals surface area contributed by atoms with Gasteiger partial charge >= 0.3 is 0 Å². The molecule has 1 aliphatic heterocycles. The number of benzene rings is 1. The summed E-state index contributed by atoms with van der Waals surface area (Å²) in [6.07, 6.45) is 1.50. The molecule has 3 atom stereocenters. The smallest absolute Gasteiger partial charge is 0.0795 e. The van der Waals surface area contributed by atoms with Gasteiger partial charge in [-0.05, 0) is 24.4 Å². The van der Waals surface area contributed by atoms with E-state index in [-0.39, 0.29) is 0 Å². The van der Waals surface area contributed by atoms with Crippen molar-refractivity contribution in [3.8, 4) is 0 Å². The van der Waals surface area contributed by atoms with E-state index in [1.54, 1.807) is 0 Å². The molecule has 1 N–H and O–H groups in total. The SMILES string of the molecule is CCNC(c1ccccc1)C1OCCC1C. The van der Waals surface area contributed by atoms with Crippen molar-refractivity contribution < 1.29 is 4.74 Å². The van der Waals surface area contributed by atoms with Gasteiger partial charge in [-0.2, -0.15) is 0 Å². The molecule has 1 saturated heterocycles. The summed E-state index contributed by atoms with van der Waals surface area (Å²) in [6, 6.07) is 11.0. The molecular formula is C14H21NO. The highest BCUT2D eigenvalue weighted by Crippen LogP contribution is 2.31. The molecule has 0 amide bonds. The Labute approximate surface area is 98.0 Å². The summed E-state index contributed by atoms with van der Waals surface area (Å²) in [5.74, 6) is 0.643. The van der Waals surface area contributed by atoms with Crippen LogP contribution in [0.2, 0.25) is 0 Å². The highest BCUT2D eigenvalue weighted by Gasteiger charge is 2.32. The summed E-state index contributed by atoms with van der Waals surface area (Å²) in [7, 11) is 0. The summed E-state index contributed by atoms with van der Waals surface area (Å²) < 4.78 is 5.87. The lowest BCUT2D eigenvalue weighted by Crippen LogP contribution is -2.34. The second kappa shape index (κ2) is 5.46. The maximum atomic E-state index is 5.87. The van der Waals surface area contributed by atoms with Crippen molar-refractivity contribution in [1.29, 1.82) is 0 Å². The highest BCUT2D eigenvalue weighted by molar-refractivity contribution is 5.20. The van der Waals surface area contributed by atoms with E-state index >= 15 is 0 Å². The molecule has 1 fully saturated rings. The largest absolute Gasteiger partial charge is 0.376 e. The Hall–Kier alpha value is -0.860. The van der Waals surface area contributed by atoms with Crippen molar-refractivity contribution in [2.75, 3.05) is 13.2 Å². The summed E-state index contributed by atoms with van der Waals surface area (Å²) in [5.41, 5.74) is 1.34. The third-order valence-electron chi connectivity index (χ3n) is 3.36. The predicted molar refractivity (Wildman–Crippen MR) is 66.4 cm³/mol. The van der Waals surface area contributed by atoms with Gasteiger partial charge in [0.15, 0.2) is 0 Å². The van der Waals surface area contributed by atoms with Crippen molar-refractivity contribution in [2.24, 2.45) is 5.92 Å². The Morgan fingerprint density at radius 2 is 2.12 bits per heavy atom. The fourth-order valence-electron chi connectivity index (χ4n) is 2.45.